The molecule has 0 amide bonds. The van der Waals surface area contributed by atoms with E-state index in [0.29, 0.717) is 12.1 Å². The highest BCUT2D eigenvalue weighted by Crippen LogP contribution is 2.30. The SMILES string of the molecule is CNC1CCC(N(C)c2ccccc2Cl)CC1. The molecule has 1 aliphatic carbocycles. The normalized spacial score (nSPS) is 24.6. The van der Waals surface area contributed by atoms with Crippen LogP contribution >= 0.6 is 11.6 Å². The molecular formula is C14H21ClN2. The molecule has 3 heteroatoms. The van der Waals surface area contributed by atoms with Gasteiger partial charge in [0.05, 0.1) is 10.7 Å². The third-order valence-corrected chi connectivity index (χ3v) is 4.20. The van der Waals surface area contributed by atoms with E-state index in [-0.39, 0.29) is 0 Å². The number of para-hydroxylation sites is 1. The van der Waals surface area contributed by atoms with E-state index >= 15 is 0 Å². The fourth-order valence-electron chi connectivity index (χ4n) is 2.69. The first kappa shape index (κ1) is 12.7. The van der Waals surface area contributed by atoms with Gasteiger partial charge in [-0.2, -0.15) is 0 Å². The summed E-state index contributed by atoms with van der Waals surface area (Å²) in [7, 11) is 4.22. The summed E-state index contributed by atoms with van der Waals surface area (Å²) in [5.74, 6) is 0. The molecule has 94 valence electrons. The number of hydrogen-bond acceptors (Lipinski definition) is 2. The molecule has 1 aliphatic rings. The second-order valence-corrected chi connectivity index (χ2v) is 5.26. The first-order valence-electron chi connectivity index (χ1n) is 6.37. The number of hydrogen-bond donors (Lipinski definition) is 1. The molecule has 2 rings (SSSR count). The maximum atomic E-state index is 6.24. The molecular weight excluding hydrogens is 232 g/mol. The second kappa shape index (κ2) is 5.74. The van der Waals surface area contributed by atoms with Gasteiger partial charge in [0, 0.05) is 19.1 Å². The molecule has 0 atom stereocenters. The van der Waals surface area contributed by atoms with Gasteiger partial charge in [-0.05, 0) is 44.9 Å². The van der Waals surface area contributed by atoms with Crippen molar-refractivity contribution in [3.63, 3.8) is 0 Å². The molecule has 0 bridgehead atoms. The Morgan fingerprint density at radius 2 is 1.82 bits per heavy atom. The lowest BCUT2D eigenvalue weighted by molar-refractivity contribution is 0.351. The van der Waals surface area contributed by atoms with Gasteiger partial charge in [0.15, 0.2) is 0 Å². The van der Waals surface area contributed by atoms with Gasteiger partial charge in [-0.25, -0.2) is 0 Å². The second-order valence-electron chi connectivity index (χ2n) is 4.86. The van der Waals surface area contributed by atoms with Crippen molar-refractivity contribution in [3.8, 4) is 0 Å². The van der Waals surface area contributed by atoms with Gasteiger partial charge in [-0.1, -0.05) is 23.7 Å². The lowest BCUT2D eigenvalue weighted by atomic mass is 9.90. The van der Waals surface area contributed by atoms with Crippen LogP contribution in [0.2, 0.25) is 5.02 Å². The monoisotopic (exact) mass is 252 g/mol. The molecule has 2 nitrogen and oxygen atoms in total. The Kier molecular flexibility index (Phi) is 4.30. The maximum absolute atomic E-state index is 6.24. The van der Waals surface area contributed by atoms with Crippen molar-refractivity contribution in [1.82, 2.24) is 5.32 Å². The summed E-state index contributed by atoms with van der Waals surface area (Å²) in [6.07, 6.45) is 5.01. The minimum absolute atomic E-state index is 0.625. The van der Waals surface area contributed by atoms with E-state index in [1.54, 1.807) is 0 Å². The molecule has 0 saturated heterocycles. The standard InChI is InChI=1S/C14H21ClN2/c1-16-11-7-9-12(10-8-11)17(2)14-6-4-3-5-13(14)15/h3-6,11-12,16H,7-10H2,1-2H3. The summed E-state index contributed by atoms with van der Waals surface area (Å²) in [6, 6.07) is 9.43. The Hall–Kier alpha value is -0.730. The Bertz CT molecular complexity index is 359. The van der Waals surface area contributed by atoms with Crippen molar-refractivity contribution in [2.45, 2.75) is 37.8 Å². The molecule has 0 aromatic heterocycles. The quantitative estimate of drug-likeness (QED) is 0.888. The van der Waals surface area contributed by atoms with E-state index in [1.807, 2.05) is 12.1 Å². The molecule has 1 fully saturated rings. The average molecular weight is 253 g/mol. The van der Waals surface area contributed by atoms with Gasteiger partial charge in [0.25, 0.3) is 0 Å². The number of nitrogens with zero attached hydrogens (tertiary/aromatic N) is 1. The Balaban J connectivity index is 2.02. The van der Waals surface area contributed by atoms with Gasteiger partial charge in [0.2, 0.25) is 0 Å². The third-order valence-electron chi connectivity index (χ3n) is 3.89. The molecule has 1 aromatic carbocycles. The summed E-state index contributed by atoms with van der Waals surface area (Å²) in [6.45, 7) is 0. The third kappa shape index (κ3) is 2.93. The predicted molar refractivity (Wildman–Crippen MR) is 75.0 cm³/mol. The van der Waals surface area contributed by atoms with Crippen LogP contribution in [-0.4, -0.2) is 26.2 Å². The van der Waals surface area contributed by atoms with Crippen LogP contribution < -0.4 is 10.2 Å². The van der Waals surface area contributed by atoms with Crippen molar-refractivity contribution in [2.24, 2.45) is 0 Å². The highest BCUT2D eigenvalue weighted by atomic mass is 35.5. The zero-order valence-electron chi connectivity index (χ0n) is 10.6. The molecule has 0 spiro atoms. The number of rotatable bonds is 3. The van der Waals surface area contributed by atoms with E-state index in [0.717, 1.165) is 10.7 Å². The number of anilines is 1. The van der Waals surface area contributed by atoms with Crippen LogP contribution in [0.3, 0.4) is 0 Å². The summed E-state index contributed by atoms with van der Waals surface area (Å²) in [4.78, 5) is 2.34. The molecule has 17 heavy (non-hydrogen) atoms. The predicted octanol–water partition coefficient (Wildman–Crippen LogP) is 3.31. The smallest absolute Gasteiger partial charge is 0.0639 e. The molecule has 0 aliphatic heterocycles. The van der Waals surface area contributed by atoms with E-state index in [9.17, 15) is 0 Å². The maximum Gasteiger partial charge on any atom is 0.0639 e. The van der Waals surface area contributed by atoms with Gasteiger partial charge in [-0.15, -0.1) is 0 Å². The molecule has 0 radical (unpaired) electrons. The fourth-order valence-corrected chi connectivity index (χ4v) is 2.96. The largest absolute Gasteiger partial charge is 0.370 e. The summed E-state index contributed by atoms with van der Waals surface area (Å²) < 4.78 is 0. The van der Waals surface area contributed by atoms with Crippen molar-refractivity contribution in [1.29, 1.82) is 0 Å². The van der Waals surface area contributed by atoms with E-state index in [1.165, 1.54) is 25.7 Å². The molecule has 1 saturated carbocycles. The van der Waals surface area contributed by atoms with Crippen LogP contribution in [0.15, 0.2) is 24.3 Å². The summed E-state index contributed by atoms with van der Waals surface area (Å²) in [5, 5.41) is 4.22. The Labute approximate surface area is 109 Å². The van der Waals surface area contributed by atoms with Gasteiger partial charge in [0.1, 0.15) is 0 Å². The number of nitrogens with one attached hydrogen (secondary N) is 1. The van der Waals surface area contributed by atoms with Crippen LogP contribution in [0.25, 0.3) is 0 Å². The van der Waals surface area contributed by atoms with Crippen molar-refractivity contribution in [2.75, 3.05) is 19.0 Å². The van der Waals surface area contributed by atoms with E-state index < -0.39 is 0 Å². The van der Waals surface area contributed by atoms with Crippen LogP contribution in [0.1, 0.15) is 25.7 Å². The zero-order valence-corrected chi connectivity index (χ0v) is 11.4. The average Bonchev–Trinajstić information content (AvgIpc) is 2.39. The first-order chi connectivity index (χ1) is 8.22. The highest BCUT2D eigenvalue weighted by Gasteiger charge is 2.23. The lowest BCUT2D eigenvalue weighted by Crippen LogP contribution is -2.39. The van der Waals surface area contributed by atoms with Crippen LogP contribution in [-0.2, 0) is 0 Å². The van der Waals surface area contributed by atoms with Crippen LogP contribution in [0.5, 0.6) is 0 Å². The number of halogens is 1. The molecule has 1 N–H and O–H groups in total. The lowest BCUT2D eigenvalue weighted by Gasteiger charge is -2.36. The minimum Gasteiger partial charge on any atom is -0.370 e. The van der Waals surface area contributed by atoms with Crippen LogP contribution in [0.4, 0.5) is 5.69 Å². The molecule has 0 heterocycles. The van der Waals surface area contributed by atoms with Gasteiger partial charge in [-0.3, -0.25) is 0 Å². The Morgan fingerprint density at radius 1 is 1.18 bits per heavy atom. The Morgan fingerprint density at radius 3 is 2.41 bits per heavy atom. The topological polar surface area (TPSA) is 15.3 Å². The summed E-state index contributed by atoms with van der Waals surface area (Å²) in [5.41, 5.74) is 1.15. The number of benzene rings is 1. The first-order valence-corrected chi connectivity index (χ1v) is 6.74. The highest BCUT2D eigenvalue weighted by molar-refractivity contribution is 6.33. The van der Waals surface area contributed by atoms with Gasteiger partial charge < -0.3 is 10.2 Å². The van der Waals surface area contributed by atoms with Crippen molar-refractivity contribution >= 4 is 17.3 Å². The van der Waals surface area contributed by atoms with Crippen LogP contribution in [0, 0.1) is 0 Å². The molecule has 0 unspecified atom stereocenters. The zero-order chi connectivity index (χ0) is 12.3. The fraction of sp³-hybridized carbons (Fsp3) is 0.571. The van der Waals surface area contributed by atoms with Crippen molar-refractivity contribution in [3.05, 3.63) is 29.3 Å². The van der Waals surface area contributed by atoms with E-state index in [4.69, 9.17) is 11.6 Å². The van der Waals surface area contributed by atoms with E-state index in [2.05, 4.69) is 36.4 Å². The molecule has 1 aromatic rings. The minimum atomic E-state index is 0.625. The van der Waals surface area contributed by atoms with Crippen molar-refractivity contribution < 1.29 is 0 Å². The van der Waals surface area contributed by atoms with Gasteiger partial charge >= 0.3 is 0 Å². The summed E-state index contributed by atoms with van der Waals surface area (Å²) >= 11 is 6.24.